The third-order valence-electron chi connectivity index (χ3n) is 7.64. The van der Waals surface area contributed by atoms with Crippen molar-refractivity contribution < 1.29 is 27.6 Å². The largest absolute Gasteiger partial charge is 0.416 e. The molecular weight excluding hydrogens is 634 g/mol. The van der Waals surface area contributed by atoms with Gasteiger partial charge >= 0.3 is 6.18 Å². The lowest BCUT2D eigenvalue weighted by molar-refractivity contribution is -0.141. The molecule has 0 aliphatic carbocycles. The van der Waals surface area contributed by atoms with Crippen molar-refractivity contribution in [2.75, 3.05) is 26.2 Å². The summed E-state index contributed by atoms with van der Waals surface area (Å²) in [4.78, 5) is 41.9. The fourth-order valence-corrected chi connectivity index (χ4v) is 6.05. The van der Waals surface area contributed by atoms with Crippen LogP contribution in [0, 0.1) is 5.92 Å². The quantitative estimate of drug-likeness (QED) is 0.383. The number of nitrogens with zero attached hydrogens (tertiary/aromatic N) is 2. The van der Waals surface area contributed by atoms with E-state index in [1.807, 2.05) is 0 Å². The van der Waals surface area contributed by atoms with Crippen LogP contribution in [0.25, 0.3) is 0 Å². The SMILES string of the molecule is CC(=O)N1CCC(C(=O)N2CCC(NC(=O)c3cc(CBr)cc(C(F)(F)F)c3)C(c3ccc(Cl)c(Cl)c3)C2)CC1. The topological polar surface area (TPSA) is 69.7 Å². The minimum atomic E-state index is -4.60. The smallest absolute Gasteiger partial charge is 0.349 e. The van der Waals surface area contributed by atoms with Gasteiger partial charge in [0.05, 0.1) is 15.6 Å². The molecular formula is C28H29BrCl2F3N3O3. The van der Waals surface area contributed by atoms with Gasteiger partial charge in [0.2, 0.25) is 11.8 Å². The van der Waals surface area contributed by atoms with Crippen LogP contribution in [-0.2, 0) is 21.1 Å². The first-order chi connectivity index (χ1) is 18.9. The molecule has 4 rings (SSSR count). The highest BCUT2D eigenvalue weighted by Gasteiger charge is 2.38. The molecule has 2 aliphatic heterocycles. The average Bonchev–Trinajstić information content (AvgIpc) is 2.93. The summed E-state index contributed by atoms with van der Waals surface area (Å²) in [5, 5.41) is 3.77. The Morgan fingerprint density at radius 1 is 0.975 bits per heavy atom. The van der Waals surface area contributed by atoms with Crippen LogP contribution in [0.4, 0.5) is 13.2 Å². The number of benzene rings is 2. The molecule has 2 aromatic rings. The third-order valence-corrected chi connectivity index (χ3v) is 9.03. The summed E-state index contributed by atoms with van der Waals surface area (Å²) in [6.45, 7) is 3.25. The van der Waals surface area contributed by atoms with Gasteiger partial charge < -0.3 is 15.1 Å². The molecule has 2 atom stereocenters. The second-order valence-electron chi connectivity index (χ2n) is 10.3. The van der Waals surface area contributed by atoms with Gasteiger partial charge in [-0.05, 0) is 60.7 Å². The number of hydrogen-bond acceptors (Lipinski definition) is 3. The van der Waals surface area contributed by atoms with E-state index in [4.69, 9.17) is 23.2 Å². The highest BCUT2D eigenvalue weighted by atomic mass is 79.9. The van der Waals surface area contributed by atoms with Crippen molar-refractivity contribution in [1.82, 2.24) is 15.1 Å². The molecule has 3 amide bonds. The Hall–Kier alpha value is -2.30. The van der Waals surface area contributed by atoms with Gasteiger partial charge in [0.25, 0.3) is 5.91 Å². The Morgan fingerprint density at radius 3 is 2.25 bits per heavy atom. The normalized spacial score (nSPS) is 20.4. The van der Waals surface area contributed by atoms with Crippen LogP contribution in [-0.4, -0.2) is 59.7 Å². The molecule has 0 bridgehead atoms. The summed E-state index contributed by atoms with van der Waals surface area (Å²) in [6.07, 6.45) is -3.03. The Morgan fingerprint density at radius 2 is 1.65 bits per heavy atom. The average molecular weight is 663 g/mol. The molecule has 0 aromatic heterocycles. The number of piperidine rings is 2. The monoisotopic (exact) mass is 661 g/mol. The van der Waals surface area contributed by atoms with Crippen LogP contribution < -0.4 is 5.32 Å². The molecule has 40 heavy (non-hydrogen) atoms. The highest BCUT2D eigenvalue weighted by molar-refractivity contribution is 9.08. The molecule has 1 N–H and O–H groups in total. The third kappa shape index (κ3) is 7.12. The van der Waals surface area contributed by atoms with Crippen LogP contribution in [0.1, 0.15) is 59.2 Å². The van der Waals surface area contributed by atoms with Crippen LogP contribution in [0.2, 0.25) is 10.0 Å². The number of nitrogens with one attached hydrogen (secondary N) is 1. The molecule has 2 aromatic carbocycles. The van der Waals surface area contributed by atoms with Gasteiger partial charge in [-0.1, -0.05) is 45.2 Å². The van der Waals surface area contributed by atoms with Gasteiger partial charge in [0.1, 0.15) is 0 Å². The standard InChI is InChI=1S/C28H29BrCl2F3N3O3/c1-16(38)36-7-4-18(5-8-36)27(40)37-9-6-25(22(15-37)19-2-3-23(30)24(31)13-19)35-26(39)20-10-17(14-29)11-21(12-20)28(32,33)34/h2-3,10-13,18,22,25H,4-9,14-15H2,1H3,(H,35,39). The summed E-state index contributed by atoms with van der Waals surface area (Å²) in [5.74, 6) is -1.21. The molecule has 12 heteroatoms. The van der Waals surface area contributed by atoms with E-state index in [9.17, 15) is 27.6 Å². The maximum Gasteiger partial charge on any atom is 0.416 e. The van der Waals surface area contributed by atoms with Crippen molar-refractivity contribution in [3.05, 3.63) is 68.7 Å². The Bertz CT molecular complexity index is 1290. The molecule has 2 fully saturated rings. The van der Waals surface area contributed by atoms with E-state index in [0.29, 0.717) is 61.1 Å². The lowest BCUT2D eigenvalue weighted by Crippen LogP contribution is -2.53. The maximum atomic E-state index is 13.5. The Balaban J connectivity index is 1.56. The lowest BCUT2D eigenvalue weighted by Gasteiger charge is -2.41. The molecule has 2 unspecified atom stereocenters. The van der Waals surface area contributed by atoms with Crippen molar-refractivity contribution >= 4 is 56.9 Å². The second kappa shape index (κ2) is 12.7. The first-order valence-corrected chi connectivity index (χ1v) is 14.8. The number of halogens is 6. The van der Waals surface area contributed by atoms with Crippen LogP contribution in [0.15, 0.2) is 36.4 Å². The number of alkyl halides is 4. The molecule has 0 spiro atoms. The first-order valence-electron chi connectivity index (χ1n) is 12.9. The Labute approximate surface area is 249 Å². The van der Waals surface area contributed by atoms with Gasteiger partial charge in [-0.3, -0.25) is 14.4 Å². The molecule has 6 nitrogen and oxygen atoms in total. The zero-order valence-corrected chi connectivity index (χ0v) is 24.8. The zero-order chi connectivity index (χ0) is 29.2. The van der Waals surface area contributed by atoms with Gasteiger partial charge in [0.15, 0.2) is 0 Å². The van der Waals surface area contributed by atoms with Crippen molar-refractivity contribution in [3.63, 3.8) is 0 Å². The minimum absolute atomic E-state index is 0.00196. The first kappa shape index (κ1) is 30.7. The van der Waals surface area contributed by atoms with Gasteiger partial charge in [0, 0.05) is 61.9 Å². The summed E-state index contributed by atoms with van der Waals surface area (Å²) in [5.41, 5.74) is 0.103. The van der Waals surface area contributed by atoms with E-state index in [0.717, 1.165) is 17.7 Å². The van der Waals surface area contributed by atoms with Crippen LogP contribution >= 0.6 is 39.1 Å². The number of likely N-dealkylation sites (tertiary alicyclic amines) is 2. The Kier molecular flexibility index (Phi) is 9.73. The van der Waals surface area contributed by atoms with Gasteiger partial charge in [-0.25, -0.2) is 0 Å². The maximum absolute atomic E-state index is 13.5. The summed E-state index contributed by atoms with van der Waals surface area (Å²) in [6, 6.07) is 7.95. The van der Waals surface area contributed by atoms with E-state index in [1.165, 1.54) is 13.0 Å². The second-order valence-corrected chi connectivity index (χ2v) is 11.6. The van der Waals surface area contributed by atoms with E-state index in [-0.39, 0.29) is 34.5 Å². The van der Waals surface area contributed by atoms with Crippen molar-refractivity contribution in [2.24, 2.45) is 5.92 Å². The number of carbonyl (C=O) groups is 3. The minimum Gasteiger partial charge on any atom is -0.349 e. The van der Waals surface area contributed by atoms with E-state index >= 15 is 0 Å². The van der Waals surface area contributed by atoms with Gasteiger partial charge in [-0.2, -0.15) is 13.2 Å². The van der Waals surface area contributed by atoms with Crippen molar-refractivity contribution in [2.45, 2.75) is 49.7 Å². The molecule has 0 radical (unpaired) electrons. The summed E-state index contributed by atoms with van der Waals surface area (Å²) in [7, 11) is 0. The summed E-state index contributed by atoms with van der Waals surface area (Å²) < 4.78 is 40.4. The molecule has 2 aliphatic rings. The fourth-order valence-electron chi connectivity index (χ4n) is 5.42. The van der Waals surface area contributed by atoms with Gasteiger partial charge in [-0.15, -0.1) is 0 Å². The highest BCUT2D eigenvalue weighted by Crippen LogP contribution is 2.34. The fraction of sp³-hybridized carbons (Fsp3) is 0.464. The van der Waals surface area contributed by atoms with E-state index in [1.54, 1.807) is 28.0 Å². The van der Waals surface area contributed by atoms with Crippen LogP contribution in [0.5, 0.6) is 0 Å². The van der Waals surface area contributed by atoms with Crippen molar-refractivity contribution in [3.8, 4) is 0 Å². The number of carbonyl (C=O) groups excluding carboxylic acids is 3. The van der Waals surface area contributed by atoms with E-state index < -0.39 is 23.7 Å². The van der Waals surface area contributed by atoms with Crippen LogP contribution in [0.3, 0.4) is 0 Å². The summed E-state index contributed by atoms with van der Waals surface area (Å²) >= 11 is 15.6. The number of hydrogen-bond donors (Lipinski definition) is 1. The molecule has 2 saturated heterocycles. The molecule has 216 valence electrons. The van der Waals surface area contributed by atoms with E-state index in [2.05, 4.69) is 21.2 Å². The number of amides is 3. The van der Waals surface area contributed by atoms with Crippen molar-refractivity contribution in [1.29, 1.82) is 0 Å². The zero-order valence-electron chi connectivity index (χ0n) is 21.7. The predicted octanol–water partition coefficient (Wildman–Crippen LogP) is 6.28. The lowest BCUT2D eigenvalue weighted by atomic mass is 9.84. The predicted molar refractivity (Wildman–Crippen MR) is 151 cm³/mol. The molecule has 2 heterocycles. The number of rotatable bonds is 5. The molecule has 0 saturated carbocycles.